The van der Waals surface area contributed by atoms with Crippen LogP contribution in [0, 0.1) is 30.5 Å². The molecule has 0 amide bonds. The zero-order valence-electron chi connectivity index (χ0n) is 12.3. The van der Waals surface area contributed by atoms with Gasteiger partial charge in [-0.25, -0.2) is 4.39 Å². The van der Waals surface area contributed by atoms with Crippen molar-refractivity contribution < 1.29 is 4.39 Å². The number of halogens is 1. The highest BCUT2D eigenvalue weighted by molar-refractivity contribution is 5.26. The molecular formula is C17H26FN. The Morgan fingerprint density at radius 2 is 1.68 bits per heavy atom. The number of nitrogens with two attached hydrogens (primary N) is 1. The first kappa shape index (κ1) is 14.5. The van der Waals surface area contributed by atoms with Crippen molar-refractivity contribution in [1.29, 1.82) is 0 Å². The van der Waals surface area contributed by atoms with Crippen molar-refractivity contribution in [2.24, 2.45) is 23.5 Å². The predicted molar refractivity (Wildman–Crippen MR) is 78.4 cm³/mol. The van der Waals surface area contributed by atoms with Crippen LogP contribution in [0.3, 0.4) is 0 Å². The zero-order valence-corrected chi connectivity index (χ0v) is 12.3. The van der Waals surface area contributed by atoms with Gasteiger partial charge in [0.2, 0.25) is 0 Å². The molecule has 0 heterocycles. The molecule has 1 fully saturated rings. The SMILES string of the molecule is Cc1cc(C(N)C2CCC(C(C)C)CC2)ccc1F. The van der Waals surface area contributed by atoms with Crippen molar-refractivity contribution in [1.82, 2.24) is 0 Å². The second kappa shape index (κ2) is 6.04. The largest absolute Gasteiger partial charge is 0.324 e. The molecule has 0 saturated heterocycles. The lowest BCUT2D eigenvalue weighted by Crippen LogP contribution is -2.27. The van der Waals surface area contributed by atoms with Crippen molar-refractivity contribution in [2.45, 2.75) is 52.5 Å². The first-order valence-corrected chi connectivity index (χ1v) is 7.50. The second-order valence-electron chi connectivity index (χ2n) is 6.45. The molecule has 1 aliphatic rings. The Kier molecular flexibility index (Phi) is 4.62. The van der Waals surface area contributed by atoms with Gasteiger partial charge in [-0.15, -0.1) is 0 Å². The van der Waals surface area contributed by atoms with Gasteiger partial charge < -0.3 is 5.73 Å². The van der Waals surface area contributed by atoms with Crippen molar-refractivity contribution >= 4 is 0 Å². The van der Waals surface area contributed by atoms with Gasteiger partial charge in [0.1, 0.15) is 5.82 Å². The molecule has 1 saturated carbocycles. The molecule has 1 unspecified atom stereocenters. The maximum atomic E-state index is 13.3. The highest BCUT2D eigenvalue weighted by Gasteiger charge is 2.27. The van der Waals surface area contributed by atoms with Gasteiger partial charge in [0.25, 0.3) is 0 Å². The Labute approximate surface area is 116 Å². The summed E-state index contributed by atoms with van der Waals surface area (Å²) in [4.78, 5) is 0. The summed E-state index contributed by atoms with van der Waals surface area (Å²) in [7, 11) is 0. The van der Waals surface area contributed by atoms with Gasteiger partial charge in [-0.3, -0.25) is 0 Å². The topological polar surface area (TPSA) is 26.0 Å². The van der Waals surface area contributed by atoms with E-state index in [0.29, 0.717) is 11.5 Å². The molecule has 1 atom stereocenters. The Balaban J connectivity index is 2.01. The van der Waals surface area contributed by atoms with Crippen LogP contribution in [0.15, 0.2) is 18.2 Å². The van der Waals surface area contributed by atoms with E-state index in [1.165, 1.54) is 25.7 Å². The smallest absolute Gasteiger partial charge is 0.126 e. The molecule has 2 N–H and O–H groups in total. The van der Waals surface area contributed by atoms with Crippen LogP contribution < -0.4 is 5.73 Å². The number of aryl methyl sites for hydroxylation is 1. The molecule has 0 spiro atoms. The summed E-state index contributed by atoms with van der Waals surface area (Å²) in [6, 6.07) is 5.37. The summed E-state index contributed by atoms with van der Waals surface area (Å²) < 4.78 is 13.3. The summed E-state index contributed by atoms with van der Waals surface area (Å²) in [5.74, 6) is 2.06. The van der Waals surface area contributed by atoms with Gasteiger partial charge in [0, 0.05) is 6.04 Å². The van der Waals surface area contributed by atoms with Gasteiger partial charge in [-0.1, -0.05) is 26.0 Å². The number of rotatable bonds is 3. The molecule has 0 aromatic heterocycles. The third kappa shape index (κ3) is 3.36. The van der Waals surface area contributed by atoms with E-state index in [1.807, 2.05) is 12.1 Å². The van der Waals surface area contributed by atoms with Crippen molar-refractivity contribution in [3.63, 3.8) is 0 Å². The van der Waals surface area contributed by atoms with Gasteiger partial charge in [-0.2, -0.15) is 0 Å². The van der Waals surface area contributed by atoms with Crippen molar-refractivity contribution in [3.05, 3.63) is 35.1 Å². The van der Waals surface area contributed by atoms with Gasteiger partial charge in [0.15, 0.2) is 0 Å². The molecule has 1 aromatic carbocycles. The summed E-state index contributed by atoms with van der Waals surface area (Å²) in [6.45, 7) is 6.43. The zero-order chi connectivity index (χ0) is 14.0. The van der Waals surface area contributed by atoms with Gasteiger partial charge in [0.05, 0.1) is 0 Å². The highest BCUT2D eigenvalue weighted by Crippen LogP contribution is 2.38. The quantitative estimate of drug-likeness (QED) is 0.847. The Morgan fingerprint density at radius 1 is 1.11 bits per heavy atom. The summed E-state index contributed by atoms with van der Waals surface area (Å²) >= 11 is 0. The van der Waals surface area contributed by atoms with E-state index >= 15 is 0 Å². The highest BCUT2D eigenvalue weighted by atomic mass is 19.1. The monoisotopic (exact) mass is 263 g/mol. The molecule has 1 nitrogen and oxygen atoms in total. The van der Waals surface area contributed by atoms with Crippen LogP contribution in [-0.2, 0) is 0 Å². The van der Waals surface area contributed by atoms with E-state index in [0.717, 1.165) is 17.4 Å². The van der Waals surface area contributed by atoms with E-state index in [-0.39, 0.29) is 11.9 Å². The number of benzene rings is 1. The fourth-order valence-corrected chi connectivity index (χ4v) is 3.32. The lowest BCUT2D eigenvalue weighted by molar-refractivity contribution is 0.203. The van der Waals surface area contributed by atoms with Crippen molar-refractivity contribution in [3.8, 4) is 0 Å². The third-order valence-electron chi connectivity index (χ3n) is 4.83. The molecular weight excluding hydrogens is 237 g/mol. The minimum Gasteiger partial charge on any atom is -0.324 e. The van der Waals surface area contributed by atoms with Crippen LogP contribution in [0.1, 0.15) is 56.7 Å². The van der Waals surface area contributed by atoms with Crippen LogP contribution in [0.4, 0.5) is 4.39 Å². The van der Waals surface area contributed by atoms with E-state index < -0.39 is 0 Å². The molecule has 106 valence electrons. The molecule has 0 bridgehead atoms. The molecule has 19 heavy (non-hydrogen) atoms. The summed E-state index contributed by atoms with van der Waals surface area (Å²) in [5.41, 5.74) is 8.18. The van der Waals surface area contributed by atoms with Crippen molar-refractivity contribution in [2.75, 3.05) is 0 Å². The van der Waals surface area contributed by atoms with Crippen LogP contribution in [0.25, 0.3) is 0 Å². The first-order valence-electron chi connectivity index (χ1n) is 7.50. The van der Waals surface area contributed by atoms with E-state index in [4.69, 9.17) is 5.73 Å². The molecule has 1 aliphatic carbocycles. The van der Waals surface area contributed by atoms with E-state index in [9.17, 15) is 4.39 Å². The van der Waals surface area contributed by atoms with Crippen LogP contribution >= 0.6 is 0 Å². The molecule has 2 rings (SSSR count). The fraction of sp³-hybridized carbons (Fsp3) is 0.647. The summed E-state index contributed by atoms with van der Waals surface area (Å²) in [6.07, 6.45) is 4.99. The predicted octanol–water partition coefficient (Wildman–Crippen LogP) is 4.60. The maximum Gasteiger partial charge on any atom is 0.126 e. The average Bonchev–Trinajstić information content (AvgIpc) is 2.41. The van der Waals surface area contributed by atoms with E-state index in [2.05, 4.69) is 13.8 Å². The standard InChI is InChI=1S/C17H26FN/c1-11(2)13-4-6-14(7-5-13)17(19)15-8-9-16(18)12(3)10-15/h8-11,13-14,17H,4-7,19H2,1-3H3. The normalized spacial score (nSPS) is 25.6. The van der Waals surface area contributed by atoms with Crippen LogP contribution in [0.5, 0.6) is 0 Å². The molecule has 0 aliphatic heterocycles. The Hall–Kier alpha value is -0.890. The van der Waals surface area contributed by atoms with Gasteiger partial charge >= 0.3 is 0 Å². The maximum absolute atomic E-state index is 13.3. The van der Waals surface area contributed by atoms with Gasteiger partial charge in [-0.05, 0) is 67.6 Å². The molecule has 0 radical (unpaired) electrons. The fourth-order valence-electron chi connectivity index (χ4n) is 3.32. The Bertz CT molecular complexity index is 419. The molecule has 1 aromatic rings. The van der Waals surface area contributed by atoms with Crippen LogP contribution in [0.2, 0.25) is 0 Å². The van der Waals surface area contributed by atoms with Crippen LogP contribution in [-0.4, -0.2) is 0 Å². The minimum absolute atomic E-state index is 0.0624. The van der Waals surface area contributed by atoms with E-state index in [1.54, 1.807) is 13.0 Å². The average molecular weight is 263 g/mol. The Morgan fingerprint density at radius 3 is 2.21 bits per heavy atom. The third-order valence-corrected chi connectivity index (χ3v) is 4.83. The first-order chi connectivity index (χ1) is 8.99. The lowest BCUT2D eigenvalue weighted by atomic mass is 9.73. The molecule has 2 heteroatoms. The number of hydrogen-bond donors (Lipinski definition) is 1. The summed E-state index contributed by atoms with van der Waals surface area (Å²) in [5, 5.41) is 0. The number of hydrogen-bond acceptors (Lipinski definition) is 1. The lowest BCUT2D eigenvalue weighted by Gasteiger charge is -2.34. The second-order valence-corrected chi connectivity index (χ2v) is 6.45. The minimum atomic E-state index is -0.139.